The highest BCUT2D eigenvalue weighted by molar-refractivity contribution is 14.0. The molecule has 0 unspecified atom stereocenters. The third-order valence-corrected chi connectivity index (χ3v) is 4.46. The maximum Gasteiger partial charge on any atom is 0.191 e. The first kappa shape index (κ1) is 24.1. The van der Waals surface area contributed by atoms with E-state index in [1.165, 1.54) is 6.26 Å². The van der Waals surface area contributed by atoms with Crippen LogP contribution in [0.5, 0.6) is 0 Å². The van der Waals surface area contributed by atoms with Crippen LogP contribution in [0.15, 0.2) is 34.2 Å². The zero-order chi connectivity index (χ0) is 17.8. The van der Waals surface area contributed by atoms with E-state index in [-0.39, 0.29) is 24.0 Å². The Balaban J connectivity index is 0.00000576. The molecule has 25 heavy (non-hydrogen) atoms. The molecule has 1 aromatic carbocycles. The summed E-state index contributed by atoms with van der Waals surface area (Å²) in [5, 5.41) is 6.49. The summed E-state index contributed by atoms with van der Waals surface area (Å²) in [7, 11) is -3.15. The second-order valence-corrected chi connectivity index (χ2v) is 7.46. The first-order valence-electron chi connectivity index (χ1n) is 8.36. The van der Waals surface area contributed by atoms with E-state index in [0.29, 0.717) is 11.4 Å². The molecule has 1 aromatic rings. The van der Waals surface area contributed by atoms with Gasteiger partial charge in [-0.15, -0.1) is 24.0 Å². The van der Waals surface area contributed by atoms with Crippen molar-refractivity contribution in [2.75, 3.05) is 32.6 Å². The number of nitrogens with one attached hydrogen (secondary N) is 2. The fourth-order valence-corrected chi connectivity index (χ4v) is 2.66. The lowest BCUT2D eigenvalue weighted by molar-refractivity contribution is 0.143. The van der Waals surface area contributed by atoms with E-state index in [1.807, 2.05) is 13.8 Å². The lowest BCUT2D eigenvalue weighted by Gasteiger charge is -2.11. The van der Waals surface area contributed by atoms with Crippen molar-refractivity contribution in [1.29, 1.82) is 0 Å². The number of ether oxygens (including phenoxy) is 1. The maximum atomic E-state index is 11.5. The van der Waals surface area contributed by atoms with E-state index in [1.54, 1.807) is 24.3 Å². The zero-order valence-corrected chi connectivity index (χ0v) is 18.4. The standard InChI is InChI=1S/C17H29N3O3S.HI/c1-4-18-17(19-12-6-7-13-23-5-2)20-14-15-8-10-16(11-9-15)24(3,21)22;/h8-11H,4-7,12-14H2,1-3H3,(H2,18,19,20);1H. The summed E-state index contributed by atoms with van der Waals surface area (Å²) in [6, 6.07) is 6.83. The fraction of sp³-hybridized carbons (Fsp3) is 0.588. The van der Waals surface area contributed by atoms with Gasteiger partial charge in [0.25, 0.3) is 0 Å². The number of nitrogens with zero attached hydrogens (tertiary/aromatic N) is 1. The number of sulfone groups is 1. The average molecular weight is 483 g/mol. The van der Waals surface area contributed by atoms with Gasteiger partial charge in [-0.1, -0.05) is 12.1 Å². The topological polar surface area (TPSA) is 79.8 Å². The summed E-state index contributed by atoms with van der Waals surface area (Å²) in [6.45, 7) is 7.69. The van der Waals surface area contributed by atoms with Crippen LogP contribution in [0.4, 0.5) is 0 Å². The van der Waals surface area contributed by atoms with Crippen LogP contribution in [0.2, 0.25) is 0 Å². The van der Waals surface area contributed by atoms with Crippen LogP contribution in [0.1, 0.15) is 32.3 Å². The monoisotopic (exact) mass is 483 g/mol. The largest absolute Gasteiger partial charge is 0.382 e. The molecular weight excluding hydrogens is 453 g/mol. The Morgan fingerprint density at radius 1 is 1.12 bits per heavy atom. The van der Waals surface area contributed by atoms with E-state index in [9.17, 15) is 8.42 Å². The van der Waals surface area contributed by atoms with Crippen molar-refractivity contribution >= 4 is 39.8 Å². The molecule has 0 aliphatic rings. The van der Waals surface area contributed by atoms with E-state index >= 15 is 0 Å². The third-order valence-electron chi connectivity index (χ3n) is 3.33. The molecule has 144 valence electrons. The number of hydrogen-bond donors (Lipinski definition) is 2. The lowest BCUT2D eigenvalue weighted by atomic mass is 10.2. The molecule has 0 spiro atoms. The molecule has 2 N–H and O–H groups in total. The van der Waals surface area contributed by atoms with Crippen LogP contribution in [0, 0.1) is 0 Å². The number of aliphatic imine (C=N–C) groups is 1. The fourth-order valence-electron chi connectivity index (χ4n) is 2.03. The van der Waals surface area contributed by atoms with Crippen molar-refractivity contribution < 1.29 is 13.2 Å². The smallest absolute Gasteiger partial charge is 0.191 e. The van der Waals surface area contributed by atoms with Crippen molar-refractivity contribution in [2.45, 2.75) is 38.1 Å². The van der Waals surface area contributed by atoms with E-state index < -0.39 is 9.84 Å². The van der Waals surface area contributed by atoms with Gasteiger partial charge in [0.15, 0.2) is 15.8 Å². The number of halogens is 1. The van der Waals surface area contributed by atoms with Crippen LogP contribution >= 0.6 is 24.0 Å². The van der Waals surface area contributed by atoms with Crippen molar-refractivity contribution in [3.63, 3.8) is 0 Å². The number of unbranched alkanes of at least 4 members (excludes halogenated alkanes) is 1. The van der Waals surface area contributed by atoms with Crippen LogP contribution in [-0.2, 0) is 21.1 Å². The van der Waals surface area contributed by atoms with Crippen LogP contribution in [0.25, 0.3) is 0 Å². The predicted octanol–water partition coefficient (Wildman–Crippen LogP) is 2.58. The second kappa shape index (κ2) is 13.3. The molecule has 0 aliphatic carbocycles. The van der Waals surface area contributed by atoms with Crippen LogP contribution in [0.3, 0.4) is 0 Å². The molecule has 0 aromatic heterocycles. The maximum absolute atomic E-state index is 11.5. The normalized spacial score (nSPS) is 11.7. The van der Waals surface area contributed by atoms with Gasteiger partial charge in [-0.05, 0) is 44.4 Å². The van der Waals surface area contributed by atoms with E-state index in [4.69, 9.17) is 4.74 Å². The Labute approximate surface area is 168 Å². The minimum Gasteiger partial charge on any atom is -0.382 e. The molecule has 0 fully saturated rings. The van der Waals surface area contributed by atoms with Crippen molar-refractivity contribution in [3.05, 3.63) is 29.8 Å². The molecule has 0 atom stereocenters. The number of hydrogen-bond acceptors (Lipinski definition) is 4. The lowest BCUT2D eigenvalue weighted by Crippen LogP contribution is -2.37. The number of guanidine groups is 1. The predicted molar refractivity (Wildman–Crippen MR) is 114 cm³/mol. The van der Waals surface area contributed by atoms with Crippen LogP contribution in [-0.4, -0.2) is 46.9 Å². The molecule has 0 bridgehead atoms. The van der Waals surface area contributed by atoms with E-state index in [2.05, 4.69) is 15.6 Å². The van der Waals surface area contributed by atoms with Gasteiger partial charge in [0.2, 0.25) is 0 Å². The highest BCUT2D eigenvalue weighted by Crippen LogP contribution is 2.10. The summed E-state index contributed by atoms with van der Waals surface area (Å²) in [6.07, 6.45) is 3.25. The molecule has 1 rings (SSSR count). The van der Waals surface area contributed by atoms with Crippen molar-refractivity contribution in [3.8, 4) is 0 Å². The molecule has 0 heterocycles. The van der Waals surface area contributed by atoms with Gasteiger partial charge in [-0.25, -0.2) is 13.4 Å². The Hall–Kier alpha value is -0.870. The van der Waals surface area contributed by atoms with Gasteiger partial charge in [-0.3, -0.25) is 0 Å². The van der Waals surface area contributed by atoms with Gasteiger partial charge in [0.1, 0.15) is 0 Å². The molecule has 6 nitrogen and oxygen atoms in total. The Kier molecular flexibility index (Phi) is 12.9. The minimum atomic E-state index is -3.15. The Morgan fingerprint density at radius 3 is 2.36 bits per heavy atom. The third kappa shape index (κ3) is 10.7. The zero-order valence-electron chi connectivity index (χ0n) is 15.2. The molecule has 0 saturated heterocycles. The quantitative estimate of drug-likeness (QED) is 0.232. The summed E-state index contributed by atoms with van der Waals surface area (Å²) in [5.74, 6) is 0.765. The number of rotatable bonds is 10. The highest BCUT2D eigenvalue weighted by Gasteiger charge is 2.06. The van der Waals surface area contributed by atoms with Gasteiger partial charge < -0.3 is 15.4 Å². The van der Waals surface area contributed by atoms with Crippen LogP contribution < -0.4 is 10.6 Å². The SMILES string of the molecule is CCNC(=NCc1ccc(S(C)(=O)=O)cc1)NCCCCOCC.I. The minimum absolute atomic E-state index is 0. The molecule has 0 amide bonds. The summed E-state index contributed by atoms with van der Waals surface area (Å²) in [5.41, 5.74) is 0.968. The van der Waals surface area contributed by atoms with Crippen molar-refractivity contribution in [2.24, 2.45) is 4.99 Å². The molecule has 0 aliphatic heterocycles. The van der Waals surface area contributed by atoms with E-state index in [0.717, 1.165) is 50.7 Å². The summed E-state index contributed by atoms with van der Waals surface area (Å²) in [4.78, 5) is 4.85. The summed E-state index contributed by atoms with van der Waals surface area (Å²) < 4.78 is 28.2. The molecule has 0 radical (unpaired) electrons. The summed E-state index contributed by atoms with van der Waals surface area (Å²) >= 11 is 0. The Bertz CT molecular complexity index is 604. The average Bonchev–Trinajstić information content (AvgIpc) is 2.55. The van der Waals surface area contributed by atoms with Crippen molar-refractivity contribution in [1.82, 2.24) is 10.6 Å². The highest BCUT2D eigenvalue weighted by atomic mass is 127. The van der Waals surface area contributed by atoms with Gasteiger partial charge in [0.05, 0.1) is 11.4 Å². The first-order chi connectivity index (χ1) is 11.5. The second-order valence-electron chi connectivity index (χ2n) is 5.44. The molecular formula is C17H30IN3O3S. The van der Waals surface area contributed by atoms with Gasteiger partial charge >= 0.3 is 0 Å². The number of benzene rings is 1. The first-order valence-corrected chi connectivity index (χ1v) is 10.3. The van der Waals surface area contributed by atoms with Gasteiger partial charge in [0, 0.05) is 32.6 Å². The van der Waals surface area contributed by atoms with Gasteiger partial charge in [-0.2, -0.15) is 0 Å². The Morgan fingerprint density at radius 2 is 1.80 bits per heavy atom. The molecule has 8 heteroatoms. The molecule has 0 saturated carbocycles.